The summed E-state index contributed by atoms with van der Waals surface area (Å²) >= 11 is 0. The van der Waals surface area contributed by atoms with Crippen LogP contribution in [0.25, 0.3) is 11.4 Å². The fraction of sp³-hybridized carbons (Fsp3) is 0.588. The molecule has 3 atom stereocenters. The zero-order valence-corrected chi connectivity index (χ0v) is 13.8. The Hall–Kier alpha value is -1.95. The zero-order valence-electron chi connectivity index (χ0n) is 13.8. The van der Waals surface area contributed by atoms with Gasteiger partial charge in [0, 0.05) is 13.6 Å². The molecule has 23 heavy (non-hydrogen) atoms. The van der Waals surface area contributed by atoms with Gasteiger partial charge >= 0.3 is 0 Å². The third-order valence-corrected chi connectivity index (χ3v) is 5.35. The Bertz CT molecular complexity index is 645. The average Bonchev–Trinajstić information content (AvgIpc) is 3.21. The summed E-state index contributed by atoms with van der Waals surface area (Å²) in [5.41, 5.74) is 3.02. The fourth-order valence-corrected chi connectivity index (χ4v) is 4.18. The number of rotatable bonds is 4. The summed E-state index contributed by atoms with van der Waals surface area (Å²) in [6.45, 7) is 5.47. The van der Waals surface area contributed by atoms with Gasteiger partial charge in [-0.3, -0.25) is 4.68 Å². The van der Waals surface area contributed by atoms with Crippen LogP contribution in [0.2, 0.25) is 0 Å². The minimum Gasteiger partial charge on any atom is -0.368 e. The van der Waals surface area contributed by atoms with E-state index in [0.717, 1.165) is 47.1 Å². The van der Waals surface area contributed by atoms with Crippen molar-refractivity contribution < 1.29 is 0 Å². The molecule has 2 N–H and O–H groups in total. The summed E-state index contributed by atoms with van der Waals surface area (Å²) in [5, 5.41) is 19.9. The van der Waals surface area contributed by atoms with E-state index in [0.29, 0.717) is 0 Å². The molecule has 2 aliphatic rings. The average molecular weight is 312 g/mol. The van der Waals surface area contributed by atoms with Crippen LogP contribution >= 0.6 is 0 Å². The van der Waals surface area contributed by atoms with Crippen LogP contribution in [0.5, 0.6) is 0 Å². The lowest BCUT2D eigenvalue weighted by molar-refractivity contribution is 0.494. The molecule has 0 aromatic carbocycles. The van der Waals surface area contributed by atoms with Crippen molar-refractivity contribution >= 4 is 5.82 Å². The predicted molar refractivity (Wildman–Crippen MR) is 90.0 cm³/mol. The van der Waals surface area contributed by atoms with Crippen molar-refractivity contribution in [2.45, 2.75) is 19.8 Å². The molecule has 0 amide bonds. The van der Waals surface area contributed by atoms with Gasteiger partial charge < -0.3 is 10.6 Å². The lowest BCUT2D eigenvalue weighted by Gasteiger charge is -2.13. The molecule has 0 unspecified atom stereocenters. The van der Waals surface area contributed by atoms with Gasteiger partial charge in [0.2, 0.25) is 0 Å². The van der Waals surface area contributed by atoms with E-state index in [9.17, 15) is 0 Å². The molecule has 2 aromatic heterocycles. The zero-order chi connectivity index (χ0) is 15.8. The molecule has 4 rings (SSSR count). The normalized spacial score (nSPS) is 26.4. The van der Waals surface area contributed by atoms with E-state index in [1.54, 1.807) is 0 Å². The number of nitrogens with zero attached hydrogens (tertiary/aromatic N) is 4. The molecule has 6 nitrogen and oxygen atoms in total. The molecule has 1 aliphatic carbocycles. The van der Waals surface area contributed by atoms with Gasteiger partial charge in [0.15, 0.2) is 0 Å². The van der Waals surface area contributed by atoms with E-state index in [2.05, 4.69) is 25.9 Å². The first-order valence-corrected chi connectivity index (χ1v) is 8.48. The molecular weight excluding hydrogens is 288 g/mol. The highest BCUT2D eigenvalue weighted by Gasteiger charge is 2.36. The minimum absolute atomic E-state index is 0.771. The molecule has 1 aliphatic heterocycles. The van der Waals surface area contributed by atoms with Crippen molar-refractivity contribution in [1.82, 2.24) is 25.3 Å². The van der Waals surface area contributed by atoms with Gasteiger partial charge in [-0.25, -0.2) is 0 Å². The topological polar surface area (TPSA) is 67.7 Å². The van der Waals surface area contributed by atoms with Crippen LogP contribution in [0.4, 0.5) is 5.82 Å². The van der Waals surface area contributed by atoms with Gasteiger partial charge in [-0.2, -0.15) is 5.10 Å². The first kappa shape index (κ1) is 14.6. The number of hydrogen-bond donors (Lipinski definition) is 2. The lowest BCUT2D eigenvalue weighted by Crippen LogP contribution is -2.17. The van der Waals surface area contributed by atoms with E-state index in [1.807, 2.05) is 37.0 Å². The van der Waals surface area contributed by atoms with E-state index in [-0.39, 0.29) is 0 Å². The van der Waals surface area contributed by atoms with Crippen molar-refractivity contribution in [2.24, 2.45) is 24.8 Å². The molecule has 0 bridgehead atoms. The highest BCUT2D eigenvalue weighted by Crippen LogP contribution is 2.38. The molecule has 0 radical (unpaired) electrons. The van der Waals surface area contributed by atoms with Gasteiger partial charge in [0.25, 0.3) is 0 Å². The largest absolute Gasteiger partial charge is 0.368 e. The monoisotopic (exact) mass is 312 g/mol. The van der Waals surface area contributed by atoms with Crippen LogP contribution in [0.3, 0.4) is 0 Å². The SMILES string of the molecule is Cc1cnn(C)c1-c1ccc(NC[C@H]2C[C@H]3CNC[C@H]3C2)nn1. The maximum atomic E-state index is 4.36. The number of hydrogen-bond acceptors (Lipinski definition) is 5. The van der Waals surface area contributed by atoms with Crippen LogP contribution in [0.1, 0.15) is 18.4 Å². The van der Waals surface area contributed by atoms with Crippen molar-refractivity contribution in [2.75, 3.05) is 25.0 Å². The second-order valence-corrected chi connectivity index (χ2v) is 7.00. The second-order valence-electron chi connectivity index (χ2n) is 7.00. The second kappa shape index (κ2) is 5.92. The van der Waals surface area contributed by atoms with E-state index in [4.69, 9.17) is 0 Å². The molecule has 2 fully saturated rings. The van der Waals surface area contributed by atoms with Crippen molar-refractivity contribution in [1.29, 1.82) is 0 Å². The molecule has 2 aromatic rings. The standard InChI is InChI=1S/C17H24N6/c1-11-7-20-23(2)17(11)15-3-4-16(22-21-15)19-8-12-5-13-9-18-10-14(13)6-12/h3-4,7,12-14,18H,5-6,8-10H2,1-2H3,(H,19,22)/t12-,13-,14+. The molecule has 122 valence electrons. The quantitative estimate of drug-likeness (QED) is 0.902. The van der Waals surface area contributed by atoms with Crippen LogP contribution in [-0.2, 0) is 7.05 Å². The summed E-state index contributed by atoms with van der Waals surface area (Å²) in [6, 6.07) is 4.04. The molecule has 0 spiro atoms. The Morgan fingerprint density at radius 2 is 2.00 bits per heavy atom. The Morgan fingerprint density at radius 3 is 2.61 bits per heavy atom. The third-order valence-electron chi connectivity index (χ3n) is 5.35. The number of aromatic nitrogens is 4. The molecule has 1 saturated heterocycles. The van der Waals surface area contributed by atoms with E-state index in [1.165, 1.54) is 25.9 Å². The van der Waals surface area contributed by atoms with Gasteiger partial charge in [-0.1, -0.05) is 0 Å². The number of aryl methyl sites for hydroxylation is 2. The Kier molecular flexibility index (Phi) is 3.77. The maximum Gasteiger partial charge on any atom is 0.148 e. The molecule has 1 saturated carbocycles. The Labute approximate surface area is 136 Å². The van der Waals surface area contributed by atoms with Crippen molar-refractivity contribution in [3.63, 3.8) is 0 Å². The lowest BCUT2D eigenvalue weighted by atomic mass is 10.0. The summed E-state index contributed by atoms with van der Waals surface area (Å²) in [6.07, 6.45) is 4.53. The van der Waals surface area contributed by atoms with E-state index >= 15 is 0 Å². The maximum absolute atomic E-state index is 4.36. The minimum atomic E-state index is 0.771. The Morgan fingerprint density at radius 1 is 1.22 bits per heavy atom. The first-order chi connectivity index (χ1) is 11.2. The van der Waals surface area contributed by atoms with Crippen LogP contribution in [-0.4, -0.2) is 39.6 Å². The van der Waals surface area contributed by atoms with Gasteiger partial charge in [-0.05, 0) is 68.3 Å². The van der Waals surface area contributed by atoms with Crippen LogP contribution in [0, 0.1) is 24.7 Å². The van der Waals surface area contributed by atoms with Gasteiger partial charge in [-0.15, -0.1) is 10.2 Å². The summed E-state index contributed by atoms with van der Waals surface area (Å²) in [7, 11) is 1.93. The van der Waals surface area contributed by atoms with Crippen molar-refractivity contribution in [3.8, 4) is 11.4 Å². The van der Waals surface area contributed by atoms with Crippen LogP contribution < -0.4 is 10.6 Å². The number of anilines is 1. The smallest absolute Gasteiger partial charge is 0.148 e. The first-order valence-electron chi connectivity index (χ1n) is 8.48. The fourth-order valence-electron chi connectivity index (χ4n) is 4.18. The van der Waals surface area contributed by atoms with Crippen molar-refractivity contribution in [3.05, 3.63) is 23.9 Å². The molecule has 3 heterocycles. The summed E-state index contributed by atoms with van der Waals surface area (Å²) in [4.78, 5) is 0. The van der Waals surface area contributed by atoms with Crippen LogP contribution in [0.15, 0.2) is 18.3 Å². The van der Waals surface area contributed by atoms with Gasteiger partial charge in [0.1, 0.15) is 11.5 Å². The highest BCUT2D eigenvalue weighted by molar-refractivity contribution is 5.59. The summed E-state index contributed by atoms with van der Waals surface area (Å²) in [5.74, 6) is 3.42. The van der Waals surface area contributed by atoms with E-state index < -0.39 is 0 Å². The van der Waals surface area contributed by atoms with Gasteiger partial charge in [0.05, 0.1) is 11.9 Å². The summed E-state index contributed by atoms with van der Waals surface area (Å²) < 4.78 is 1.85. The third kappa shape index (κ3) is 2.83. The predicted octanol–water partition coefficient (Wildman–Crippen LogP) is 1.84. The Balaban J connectivity index is 1.37. The molecule has 6 heteroatoms. The molecular formula is C17H24N6. The highest BCUT2D eigenvalue weighted by atomic mass is 15.3. The number of nitrogens with one attached hydrogen (secondary N) is 2. The number of fused-ring (bicyclic) bond motifs is 1.